The zero-order valence-electron chi connectivity index (χ0n) is 24.7. The van der Waals surface area contributed by atoms with Gasteiger partial charge in [0, 0.05) is 18.8 Å². The number of amides is 1. The molecule has 5 nitrogen and oxygen atoms in total. The number of hydrogen-bond donors (Lipinski definition) is 0. The fourth-order valence-corrected chi connectivity index (χ4v) is 5.12. The summed E-state index contributed by atoms with van der Waals surface area (Å²) in [5.74, 6) is 1.83. The van der Waals surface area contributed by atoms with Crippen molar-refractivity contribution in [2.24, 2.45) is 4.99 Å². The number of amidine groups is 1. The average Bonchev–Trinajstić information content (AvgIpc) is 3.38. The summed E-state index contributed by atoms with van der Waals surface area (Å²) in [6.07, 6.45) is 24.9. The topological polar surface area (TPSA) is 45.1 Å². The second-order valence-electron chi connectivity index (χ2n) is 10.7. The van der Waals surface area contributed by atoms with Gasteiger partial charge in [-0.2, -0.15) is 0 Å². The van der Waals surface area contributed by atoms with E-state index in [0.717, 1.165) is 47.1 Å². The Balaban J connectivity index is 0.00000462. The maximum Gasteiger partial charge on any atom is 0.247 e. The first-order chi connectivity index (χ1) is 19.6. The quantitative estimate of drug-likeness (QED) is 0.173. The van der Waals surface area contributed by atoms with Crippen LogP contribution in [-0.4, -0.2) is 23.2 Å². The smallest absolute Gasteiger partial charge is 0.247 e. The van der Waals surface area contributed by atoms with Gasteiger partial charge >= 0.3 is 0 Å². The van der Waals surface area contributed by atoms with Gasteiger partial charge in [-0.05, 0) is 54.0 Å². The van der Waals surface area contributed by atoms with Gasteiger partial charge in [-0.3, -0.25) is 4.79 Å². The molecule has 0 N–H and O–H groups in total. The highest BCUT2D eigenvalue weighted by molar-refractivity contribution is 5.92. The molecule has 0 fully saturated rings. The molecule has 41 heavy (non-hydrogen) atoms. The average molecular weight is 619 g/mol. The first-order valence-electron chi connectivity index (χ1n) is 15.1. The van der Waals surface area contributed by atoms with Crippen molar-refractivity contribution < 1.29 is 26.5 Å². The summed E-state index contributed by atoms with van der Waals surface area (Å²) < 4.78 is 6.05. The van der Waals surface area contributed by atoms with Gasteiger partial charge in [-0.25, -0.2) is 4.90 Å². The number of rotatable bonds is 17. The zero-order chi connectivity index (χ0) is 28.0. The predicted molar refractivity (Wildman–Crippen MR) is 165 cm³/mol. The van der Waals surface area contributed by atoms with Crippen molar-refractivity contribution in [2.75, 3.05) is 11.5 Å². The molecule has 2 aromatic carbocycles. The van der Waals surface area contributed by atoms with E-state index in [1.165, 1.54) is 57.8 Å². The van der Waals surface area contributed by atoms with Crippen LogP contribution in [0.4, 0.5) is 5.69 Å². The predicted octanol–water partition coefficient (Wildman–Crippen LogP) is 5.53. The molecule has 4 rings (SSSR count). The largest absolute Gasteiger partial charge is 1.00 e. The molecule has 2 aromatic rings. The van der Waals surface area contributed by atoms with Crippen molar-refractivity contribution >= 4 is 17.4 Å². The third-order valence-electron chi connectivity index (χ3n) is 7.43. The van der Waals surface area contributed by atoms with E-state index in [0.29, 0.717) is 13.0 Å². The summed E-state index contributed by atoms with van der Waals surface area (Å²) in [7, 11) is 0. The molecule has 0 saturated carbocycles. The number of carbonyl (C=O) groups is 1. The van der Waals surface area contributed by atoms with Crippen LogP contribution in [0, 0.1) is 6.20 Å². The Labute approximate surface area is 257 Å². The molecule has 2 aliphatic rings. The van der Waals surface area contributed by atoms with Gasteiger partial charge in [-0.1, -0.05) is 94.0 Å². The van der Waals surface area contributed by atoms with Gasteiger partial charge in [0.2, 0.25) is 17.4 Å². The second kappa shape index (κ2) is 17.6. The van der Waals surface area contributed by atoms with Crippen LogP contribution in [0.5, 0.6) is 5.75 Å². The molecule has 218 valence electrons. The van der Waals surface area contributed by atoms with Crippen molar-refractivity contribution in [2.45, 2.75) is 91.0 Å². The van der Waals surface area contributed by atoms with Gasteiger partial charge in [0.1, 0.15) is 5.75 Å². The van der Waals surface area contributed by atoms with Crippen molar-refractivity contribution in [1.29, 1.82) is 0 Å². The molecule has 2 heterocycles. The van der Waals surface area contributed by atoms with Gasteiger partial charge in [0.05, 0.1) is 25.6 Å². The lowest BCUT2D eigenvalue weighted by atomic mass is 10.1. The van der Waals surface area contributed by atoms with E-state index in [4.69, 9.17) is 4.74 Å². The third kappa shape index (κ3) is 10.3. The standard InChI is InChI=1S/C35H44N3O2.BrH/c1-3-4-5-6-7-8-9-10-11-14-24-40-34-18-15-16-31(25-34)28-38(29(2)39)32-21-19-30(20-22-32)26-35-36-27-33-17-12-13-23-37(33)35;/h12-13,15-23,25H,3-11,14,24,26,28H2,1-2H3;1H/q+1;/p-1. The summed E-state index contributed by atoms with van der Waals surface area (Å²) in [4.78, 5) is 20.9. The second-order valence-corrected chi connectivity index (χ2v) is 10.7. The number of carbonyl (C=O) groups excluding carboxylic acids is 1. The Kier molecular flexibility index (Phi) is 13.8. The lowest BCUT2D eigenvalue weighted by molar-refractivity contribution is -0.116. The highest BCUT2D eigenvalue weighted by Crippen LogP contribution is 2.24. The molecule has 0 aromatic heterocycles. The van der Waals surface area contributed by atoms with Crippen molar-refractivity contribution in [3.8, 4) is 5.75 Å². The molecule has 0 aliphatic carbocycles. The van der Waals surface area contributed by atoms with Crippen LogP contribution in [0.25, 0.3) is 0 Å². The van der Waals surface area contributed by atoms with E-state index in [-0.39, 0.29) is 22.9 Å². The SMILES string of the molecule is CCCCCCCCCCCCOc1cccc(CN(C(C)=O)c2ccc(CC3=N[C+]=C4C=CC=CN43)cc2)c1.[Br-]. The van der Waals surface area contributed by atoms with E-state index in [1.54, 1.807) is 6.92 Å². The van der Waals surface area contributed by atoms with Gasteiger partial charge in [0.25, 0.3) is 0 Å². The molecule has 0 radical (unpaired) electrons. The Morgan fingerprint density at radius 1 is 0.902 bits per heavy atom. The number of nitrogens with zero attached hydrogens (tertiary/aromatic N) is 3. The van der Waals surface area contributed by atoms with Crippen LogP contribution in [0.15, 0.2) is 83.6 Å². The summed E-state index contributed by atoms with van der Waals surface area (Å²) in [5.41, 5.74) is 4.04. The molecule has 6 heteroatoms. The maximum atomic E-state index is 12.6. The molecule has 0 unspecified atom stereocenters. The van der Waals surface area contributed by atoms with Crippen LogP contribution < -0.4 is 26.6 Å². The summed E-state index contributed by atoms with van der Waals surface area (Å²) in [6, 6.07) is 16.3. The minimum atomic E-state index is 0. The fraction of sp³-hybridized carbons (Fsp3) is 0.429. The van der Waals surface area contributed by atoms with E-state index >= 15 is 0 Å². The number of unbranched alkanes of at least 4 members (excludes halogenated alkanes) is 9. The van der Waals surface area contributed by atoms with Gasteiger partial charge in [0.15, 0.2) is 6.20 Å². The molecule has 0 spiro atoms. The Morgan fingerprint density at radius 2 is 1.61 bits per heavy atom. The number of halogens is 1. The van der Waals surface area contributed by atoms with Crippen LogP contribution in [0.3, 0.4) is 0 Å². The van der Waals surface area contributed by atoms with Crippen LogP contribution >= 0.6 is 0 Å². The van der Waals surface area contributed by atoms with Crippen LogP contribution in [0.2, 0.25) is 0 Å². The monoisotopic (exact) mass is 617 g/mol. The molecule has 2 aliphatic heterocycles. The number of ether oxygens (including phenoxy) is 1. The zero-order valence-corrected chi connectivity index (χ0v) is 26.2. The Hall–Kier alpha value is -3.21. The maximum absolute atomic E-state index is 12.6. The van der Waals surface area contributed by atoms with Crippen LogP contribution in [-0.2, 0) is 17.8 Å². The van der Waals surface area contributed by atoms with E-state index in [2.05, 4.69) is 47.3 Å². The van der Waals surface area contributed by atoms with Gasteiger partial charge in [-0.15, -0.1) is 0 Å². The Bertz CT molecular complexity index is 1220. The minimum Gasteiger partial charge on any atom is -1.00 e. The van der Waals surface area contributed by atoms with Crippen molar-refractivity contribution in [3.05, 3.63) is 96.0 Å². The summed E-state index contributed by atoms with van der Waals surface area (Å²) in [5, 5.41) is 0. The molecule has 0 bridgehead atoms. The lowest BCUT2D eigenvalue weighted by Gasteiger charge is -2.22. The third-order valence-corrected chi connectivity index (χ3v) is 7.43. The molecular weight excluding hydrogens is 574 g/mol. The molecular formula is C35H44BrN3O2. The molecule has 0 atom stereocenters. The molecule has 0 saturated heterocycles. The van der Waals surface area contributed by atoms with E-state index in [1.807, 2.05) is 53.6 Å². The Morgan fingerprint density at radius 3 is 2.32 bits per heavy atom. The minimum absolute atomic E-state index is 0. The van der Waals surface area contributed by atoms with E-state index < -0.39 is 0 Å². The number of allylic oxidation sites excluding steroid dienone is 3. The number of anilines is 1. The number of aliphatic imine (C=N–C) groups is 1. The highest BCUT2D eigenvalue weighted by atomic mass is 79.9. The van der Waals surface area contributed by atoms with Gasteiger partial charge < -0.3 is 26.6 Å². The summed E-state index contributed by atoms with van der Waals surface area (Å²) >= 11 is 0. The number of hydrogen-bond acceptors (Lipinski definition) is 4. The first kappa shape index (κ1) is 32.3. The fourth-order valence-electron chi connectivity index (χ4n) is 5.12. The lowest BCUT2D eigenvalue weighted by Crippen LogP contribution is -3.00. The van der Waals surface area contributed by atoms with E-state index in [9.17, 15) is 4.79 Å². The van der Waals surface area contributed by atoms with Crippen LogP contribution in [0.1, 0.15) is 89.2 Å². The highest BCUT2D eigenvalue weighted by Gasteiger charge is 2.28. The van der Waals surface area contributed by atoms with Crippen molar-refractivity contribution in [1.82, 2.24) is 4.90 Å². The molecule has 1 amide bonds. The number of benzene rings is 2. The normalized spacial score (nSPS) is 13.2. The summed E-state index contributed by atoms with van der Waals surface area (Å²) in [6.45, 7) is 5.13. The number of fused-ring (bicyclic) bond motifs is 1. The van der Waals surface area contributed by atoms with Crippen molar-refractivity contribution in [3.63, 3.8) is 0 Å². The first-order valence-corrected chi connectivity index (χ1v) is 15.1.